The van der Waals surface area contributed by atoms with Crippen molar-refractivity contribution in [3.8, 4) is 5.75 Å². The Morgan fingerprint density at radius 2 is 1.77 bits per heavy atom. The number of carbonyl (C=O) groups is 1. The van der Waals surface area contributed by atoms with E-state index >= 15 is 0 Å². The maximum atomic E-state index is 12.5. The minimum absolute atomic E-state index is 0.119. The summed E-state index contributed by atoms with van der Waals surface area (Å²) in [5, 5.41) is 2.78. The average molecular weight is 376 g/mol. The van der Waals surface area contributed by atoms with Gasteiger partial charge >= 0.3 is 0 Å². The van der Waals surface area contributed by atoms with Gasteiger partial charge in [-0.3, -0.25) is 9.52 Å². The summed E-state index contributed by atoms with van der Waals surface area (Å²) >= 11 is 0. The van der Waals surface area contributed by atoms with Gasteiger partial charge in [0.2, 0.25) is 5.91 Å². The maximum absolute atomic E-state index is 12.5. The normalized spacial score (nSPS) is 11.3. The fourth-order valence-corrected chi connectivity index (χ4v) is 3.41. The fraction of sp³-hybridized carbons (Fsp3) is 0.316. The Kier molecular flexibility index (Phi) is 6.26. The van der Waals surface area contributed by atoms with E-state index in [0.717, 1.165) is 5.56 Å². The molecule has 0 saturated carbocycles. The number of methoxy groups -OCH3 is 1. The molecule has 0 aliphatic heterocycles. The molecule has 1 amide bonds. The highest BCUT2D eigenvalue weighted by Crippen LogP contribution is 2.29. The molecule has 26 heavy (non-hydrogen) atoms. The van der Waals surface area contributed by atoms with Crippen LogP contribution in [0.4, 0.5) is 11.4 Å². The van der Waals surface area contributed by atoms with Crippen molar-refractivity contribution in [3.63, 3.8) is 0 Å². The molecular weight excluding hydrogens is 352 g/mol. The Morgan fingerprint density at radius 3 is 2.35 bits per heavy atom. The molecule has 2 aromatic carbocycles. The van der Waals surface area contributed by atoms with E-state index in [1.807, 2.05) is 20.8 Å². The number of ether oxygens (including phenoxy) is 1. The summed E-state index contributed by atoms with van der Waals surface area (Å²) < 4.78 is 32.7. The van der Waals surface area contributed by atoms with Gasteiger partial charge in [0.25, 0.3) is 10.0 Å². The Bertz CT molecular complexity index is 875. The molecule has 0 aliphatic carbocycles. The minimum atomic E-state index is -3.70. The molecule has 7 heteroatoms. The Hall–Kier alpha value is -2.54. The van der Waals surface area contributed by atoms with Crippen LogP contribution in [0, 0.1) is 12.8 Å². The SMILES string of the molecule is COc1cc(NS(=O)(=O)c2ccc(C)cc2)ccc1NC(=O)CC(C)C. The summed E-state index contributed by atoms with van der Waals surface area (Å²) in [5.41, 5.74) is 1.83. The Morgan fingerprint density at radius 1 is 1.12 bits per heavy atom. The van der Waals surface area contributed by atoms with Crippen LogP contribution in [-0.4, -0.2) is 21.4 Å². The van der Waals surface area contributed by atoms with Gasteiger partial charge in [0, 0.05) is 12.5 Å². The van der Waals surface area contributed by atoms with E-state index < -0.39 is 10.0 Å². The second-order valence-electron chi connectivity index (χ2n) is 6.48. The third-order valence-corrected chi connectivity index (χ3v) is 5.05. The zero-order valence-corrected chi connectivity index (χ0v) is 16.2. The molecular formula is C19H24N2O4S. The van der Waals surface area contributed by atoms with Gasteiger partial charge in [-0.1, -0.05) is 31.5 Å². The average Bonchev–Trinajstić information content (AvgIpc) is 2.55. The van der Waals surface area contributed by atoms with Crippen molar-refractivity contribution >= 4 is 27.3 Å². The largest absolute Gasteiger partial charge is 0.494 e. The lowest BCUT2D eigenvalue weighted by molar-refractivity contribution is -0.116. The monoisotopic (exact) mass is 376 g/mol. The van der Waals surface area contributed by atoms with Gasteiger partial charge in [-0.15, -0.1) is 0 Å². The molecule has 6 nitrogen and oxygen atoms in total. The van der Waals surface area contributed by atoms with Gasteiger partial charge < -0.3 is 10.1 Å². The molecule has 0 saturated heterocycles. The molecule has 0 radical (unpaired) electrons. The number of sulfonamides is 1. The summed E-state index contributed by atoms with van der Waals surface area (Å²) in [6.45, 7) is 5.81. The van der Waals surface area contributed by atoms with Crippen molar-refractivity contribution in [3.05, 3.63) is 48.0 Å². The number of nitrogens with one attached hydrogen (secondary N) is 2. The van der Waals surface area contributed by atoms with Crippen LogP contribution in [0.25, 0.3) is 0 Å². The summed E-state index contributed by atoms with van der Waals surface area (Å²) in [4.78, 5) is 12.1. The topological polar surface area (TPSA) is 84.5 Å². The number of aryl methyl sites for hydroxylation is 1. The lowest BCUT2D eigenvalue weighted by Gasteiger charge is -2.14. The third kappa shape index (κ3) is 5.23. The van der Waals surface area contributed by atoms with Crippen LogP contribution in [0.5, 0.6) is 5.75 Å². The number of hydrogen-bond acceptors (Lipinski definition) is 4. The number of anilines is 2. The van der Waals surface area contributed by atoms with Gasteiger partial charge in [0.05, 0.1) is 23.4 Å². The molecule has 0 unspecified atom stereocenters. The van der Waals surface area contributed by atoms with E-state index in [1.54, 1.807) is 36.4 Å². The van der Waals surface area contributed by atoms with Crippen LogP contribution in [-0.2, 0) is 14.8 Å². The van der Waals surface area contributed by atoms with Crippen LogP contribution < -0.4 is 14.8 Å². The molecule has 0 aliphatic rings. The van der Waals surface area contributed by atoms with Crippen LogP contribution in [0.15, 0.2) is 47.4 Å². The molecule has 140 valence electrons. The lowest BCUT2D eigenvalue weighted by Crippen LogP contribution is -2.15. The molecule has 0 aromatic heterocycles. The highest BCUT2D eigenvalue weighted by Gasteiger charge is 2.16. The van der Waals surface area contributed by atoms with Gasteiger partial charge in [0.15, 0.2) is 0 Å². The van der Waals surface area contributed by atoms with E-state index in [1.165, 1.54) is 13.2 Å². The first-order valence-corrected chi connectivity index (χ1v) is 9.77. The third-order valence-electron chi connectivity index (χ3n) is 3.65. The Balaban J connectivity index is 2.20. The van der Waals surface area contributed by atoms with Crippen molar-refractivity contribution in [2.45, 2.75) is 32.1 Å². The molecule has 0 bridgehead atoms. The highest BCUT2D eigenvalue weighted by molar-refractivity contribution is 7.92. The quantitative estimate of drug-likeness (QED) is 0.770. The smallest absolute Gasteiger partial charge is 0.261 e. The fourth-order valence-electron chi connectivity index (χ4n) is 2.36. The van der Waals surface area contributed by atoms with E-state index in [-0.39, 0.29) is 16.7 Å². The molecule has 0 spiro atoms. The number of amides is 1. The van der Waals surface area contributed by atoms with E-state index in [4.69, 9.17) is 4.74 Å². The Labute approximate surface area is 154 Å². The van der Waals surface area contributed by atoms with Gasteiger partial charge in [-0.05, 0) is 37.1 Å². The van der Waals surface area contributed by atoms with Gasteiger partial charge in [-0.2, -0.15) is 0 Å². The summed E-state index contributed by atoms with van der Waals surface area (Å²) in [6.07, 6.45) is 0.394. The molecule has 2 rings (SSSR count). The predicted molar refractivity (Wildman–Crippen MR) is 103 cm³/mol. The first-order valence-electron chi connectivity index (χ1n) is 8.28. The van der Waals surface area contributed by atoms with Gasteiger partial charge in [0.1, 0.15) is 5.75 Å². The van der Waals surface area contributed by atoms with E-state index in [2.05, 4.69) is 10.0 Å². The van der Waals surface area contributed by atoms with Crippen LogP contribution in [0.3, 0.4) is 0 Å². The number of rotatable bonds is 7. The second-order valence-corrected chi connectivity index (χ2v) is 8.16. The number of benzene rings is 2. The van der Waals surface area contributed by atoms with Gasteiger partial charge in [-0.25, -0.2) is 8.42 Å². The number of carbonyl (C=O) groups excluding carboxylic acids is 1. The zero-order valence-electron chi connectivity index (χ0n) is 15.4. The molecule has 0 heterocycles. The first kappa shape index (κ1) is 19.8. The van der Waals surface area contributed by atoms with Crippen LogP contribution in [0.2, 0.25) is 0 Å². The van der Waals surface area contributed by atoms with Crippen LogP contribution in [0.1, 0.15) is 25.8 Å². The molecule has 2 aromatic rings. The standard InChI is InChI=1S/C19H24N2O4S/c1-13(2)11-19(22)20-17-10-7-15(12-18(17)25-4)21-26(23,24)16-8-5-14(3)6-9-16/h5-10,12-13,21H,11H2,1-4H3,(H,20,22). The maximum Gasteiger partial charge on any atom is 0.261 e. The summed E-state index contributed by atoms with van der Waals surface area (Å²) in [6, 6.07) is 11.3. The minimum Gasteiger partial charge on any atom is -0.494 e. The van der Waals surface area contributed by atoms with Crippen molar-refractivity contribution in [1.82, 2.24) is 0 Å². The second kappa shape index (κ2) is 8.23. The molecule has 0 fully saturated rings. The van der Waals surface area contributed by atoms with Crippen LogP contribution >= 0.6 is 0 Å². The lowest BCUT2D eigenvalue weighted by atomic mass is 10.1. The predicted octanol–water partition coefficient (Wildman–Crippen LogP) is 3.79. The van der Waals surface area contributed by atoms with E-state index in [9.17, 15) is 13.2 Å². The molecule has 2 N–H and O–H groups in total. The summed E-state index contributed by atoms with van der Waals surface area (Å²) in [5.74, 6) is 0.499. The van der Waals surface area contributed by atoms with Crippen molar-refractivity contribution in [2.75, 3.05) is 17.1 Å². The zero-order chi connectivity index (χ0) is 19.3. The number of hydrogen-bond donors (Lipinski definition) is 2. The van der Waals surface area contributed by atoms with E-state index in [0.29, 0.717) is 23.5 Å². The van der Waals surface area contributed by atoms with Crippen molar-refractivity contribution in [1.29, 1.82) is 0 Å². The van der Waals surface area contributed by atoms with Crippen molar-refractivity contribution in [2.24, 2.45) is 5.92 Å². The summed E-state index contributed by atoms with van der Waals surface area (Å²) in [7, 11) is -2.24. The van der Waals surface area contributed by atoms with Crippen molar-refractivity contribution < 1.29 is 17.9 Å². The molecule has 0 atom stereocenters. The highest BCUT2D eigenvalue weighted by atomic mass is 32.2. The first-order chi connectivity index (χ1) is 12.2.